The van der Waals surface area contributed by atoms with Gasteiger partial charge in [-0.1, -0.05) is 37.3 Å². The lowest BCUT2D eigenvalue weighted by Crippen LogP contribution is -2.22. The molecule has 0 bridgehead atoms. The Morgan fingerprint density at radius 2 is 1.80 bits per heavy atom. The van der Waals surface area contributed by atoms with Crippen LogP contribution >= 0.6 is 11.3 Å². The van der Waals surface area contributed by atoms with Gasteiger partial charge in [0, 0.05) is 18.5 Å². The van der Waals surface area contributed by atoms with Gasteiger partial charge in [-0.25, -0.2) is 0 Å². The van der Waals surface area contributed by atoms with Crippen molar-refractivity contribution in [1.29, 1.82) is 0 Å². The maximum absolute atomic E-state index is 12.9. The number of aromatic nitrogens is 3. The molecule has 188 valence electrons. The van der Waals surface area contributed by atoms with E-state index in [2.05, 4.69) is 45.5 Å². The predicted molar refractivity (Wildman–Crippen MR) is 138 cm³/mol. The van der Waals surface area contributed by atoms with Crippen molar-refractivity contribution < 1.29 is 19.0 Å². The minimum Gasteiger partial charge on any atom is -0.479 e. The standard InChI is InChI=1S/C24H32N6O4S/c1-14(2)16-9-8-15(3)18(12-16)34-24-26-17(13-35-24)20(31)27-19-21(32-6)28-23(29-22(19)33-7)25-10-11-30(4)5/h8-9,12-14H,10-11H2,1-7H3,(H,27,31)(H,25,28,29). The van der Waals surface area contributed by atoms with Crippen molar-refractivity contribution in [2.75, 3.05) is 52.0 Å². The molecule has 2 N–H and O–H groups in total. The maximum Gasteiger partial charge on any atom is 0.279 e. The number of carbonyl (C=O) groups excluding carboxylic acids is 1. The highest BCUT2D eigenvalue weighted by atomic mass is 32.1. The zero-order valence-corrected chi connectivity index (χ0v) is 21.9. The van der Waals surface area contributed by atoms with Gasteiger partial charge in [0.2, 0.25) is 17.7 Å². The van der Waals surface area contributed by atoms with Crippen LogP contribution in [0.25, 0.3) is 0 Å². The normalized spacial score (nSPS) is 11.0. The van der Waals surface area contributed by atoms with Gasteiger partial charge >= 0.3 is 0 Å². The summed E-state index contributed by atoms with van der Waals surface area (Å²) in [5.41, 5.74) is 2.56. The van der Waals surface area contributed by atoms with Gasteiger partial charge in [0.15, 0.2) is 5.69 Å². The van der Waals surface area contributed by atoms with E-state index in [4.69, 9.17) is 14.2 Å². The molecule has 2 heterocycles. The van der Waals surface area contributed by atoms with Crippen molar-refractivity contribution in [1.82, 2.24) is 19.9 Å². The van der Waals surface area contributed by atoms with E-state index in [1.165, 1.54) is 31.1 Å². The smallest absolute Gasteiger partial charge is 0.279 e. The first kappa shape index (κ1) is 26.2. The van der Waals surface area contributed by atoms with Gasteiger partial charge in [0.05, 0.1) is 14.2 Å². The van der Waals surface area contributed by atoms with Gasteiger partial charge in [0.1, 0.15) is 11.4 Å². The molecular formula is C24H32N6O4S. The SMILES string of the molecule is COc1nc(NCCN(C)C)nc(OC)c1NC(=O)c1csc(Oc2cc(C(C)C)ccc2C)n1. The summed E-state index contributed by atoms with van der Waals surface area (Å²) >= 11 is 1.24. The third kappa shape index (κ3) is 6.80. The van der Waals surface area contributed by atoms with Gasteiger partial charge in [-0.15, -0.1) is 0 Å². The lowest BCUT2D eigenvalue weighted by atomic mass is 10.0. The van der Waals surface area contributed by atoms with Crippen LogP contribution in [0, 0.1) is 6.92 Å². The van der Waals surface area contributed by atoms with Gasteiger partial charge in [-0.3, -0.25) is 4.79 Å². The molecule has 1 amide bonds. The van der Waals surface area contributed by atoms with Crippen molar-refractivity contribution in [2.45, 2.75) is 26.7 Å². The van der Waals surface area contributed by atoms with Gasteiger partial charge in [-0.2, -0.15) is 15.0 Å². The second-order valence-corrected chi connectivity index (χ2v) is 9.23. The molecule has 2 aromatic heterocycles. The predicted octanol–water partition coefficient (Wildman–Crippen LogP) is 4.40. The maximum atomic E-state index is 12.9. The van der Waals surface area contributed by atoms with Crippen LogP contribution in [-0.2, 0) is 0 Å². The van der Waals surface area contributed by atoms with Crippen molar-refractivity contribution in [2.24, 2.45) is 0 Å². The molecule has 3 rings (SSSR count). The van der Waals surface area contributed by atoms with Crippen LogP contribution < -0.4 is 24.8 Å². The quantitative estimate of drug-likeness (QED) is 0.396. The Labute approximate surface area is 209 Å². The molecule has 0 fully saturated rings. The number of likely N-dealkylation sites (N-methyl/N-ethyl adjacent to an activating group) is 1. The van der Waals surface area contributed by atoms with E-state index in [9.17, 15) is 4.79 Å². The zero-order valence-electron chi connectivity index (χ0n) is 21.1. The molecule has 0 aliphatic rings. The van der Waals surface area contributed by atoms with Crippen molar-refractivity contribution in [3.05, 3.63) is 40.4 Å². The van der Waals surface area contributed by atoms with Crippen LogP contribution in [0.5, 0.6) is 22.7 Å². The second kappa shape index (κ2) is 11.8. The summed E-state index contributed by atoms with van der Waals surface area (Å²) in [7, 11) is 6.87. The highest BCUT2D eigenvalue weighted by Gasteiger charge is 2.21. The fourth-order valence-electron chi connectivity index (χ4n) is 3.06. The number of nitrogens with one attached hydrogen (secondary N) is 2. The molecule has 10 nitrogen and oxygen atoms in total. The Morgan fingerprint density at radius 3 is 2.40 bits per heavy atom. The Morgan fingerprint density at radius 1 is 1.11 bits per heavy atom. The number of hydrogen-bond donors (Lipinski definition) is 2. The van der Waals surface area contributed by atoms with Crippen molar-refractivity contribution >= 4 is 28.9 Å². The molecule has 1 aromatic carbocycles. The molecule has 0 atom stereocenters. The summed E-state index contributed by atoms with van der Waals surface area (Å²) in [6.45, 7) is 7.64. The number of thiazole rings is 1. The van der Waals surface area contributed by atoms with Crippen LogP contribution in [0.4, 0.5) is 11.6 Å². The van der Waals surface area contributed by atoms with E-state index in [1.54, 1.807) is 5.38 Å². The molecule has 0 saturated heterocycles. The summed E-state index contributed by atoms with van der Waals surface area (Å²) < 4.78 is 16.7. The number of benzene rings is 1. The van der Waals surface area contributed by atoms with E-state index in [1.807, 2.05) is 38.1 Å². The first-order chi connectivity index (χ1) is 16.7. The molecule has 0 aliphatic heterocycles. The number of carbonyl (C=O) groups is 1. The van der Waals surface area contributed by atoms with E-state index in [-0.39, 0.29) is 23.1 Å². The molecule has 0 spiro atoms. The first-order valence-corrected chi connectivity index (χ1v) is 12.0. The van der Waals surface area contributed by atoms with Crippen LogP contribution in [-0.4, -0.2) is 67.2 Å². The Balaban J connectivity index is 1.76. The molecular weight excluding hydrogens is 468 g/mol. The summed E-state index contributed by atoms with van der Waals surface area (Å²) in [5, 5.41) is 7.86. The van der Waals surface area contributed by atoms with E-state index in [0.29, 0.717) is 29.4 Å². The fourth-order valence-corrected chi connectivity index (χ4v) is 3.72. The first-order valence-electron chi connectivity index (χ1n) is 11.2. The molecule has 35 heavy (non-hydrogen) atoms. The summed E-state index contributed by atoms with van der Waals surface area (Å²) in [6, 6.07) is 6.10. The van der Waals surface area contributed by atoms with Gasteiger partial charge in [-0.05, 0) is 44.1 Å². The topological polar surface area (TPSA) is 111 Å². The number of anilines is 2. The molecule has 0 radical (unpaired) electrons. The lowest BCUT2D eigenvalue weighted by Gasteiger charge is -2.15. The molecule has 3 aromatic rings. The third-order valence-electron chi connectivity index (χ3n) is 5.10. The number of amides is 1. The summed E-state index contributed by atoms with van der Waals surface area (Å²) in [5.74, 6) is 1.30. The van der Waals surface area contributed by atoms with Gasteiger partial charge in [0.25, 0.3) is 11.1 Å². The second-order valence-electron chi connectivity index (χ2n) is 8.41. The average Bonchev–Trinajstić information content (AvgIpc) is 3.29. The van der Waals surface area contributed by atoms with Crippen LogP contribution in [0.3, 0.4) is 0 Å². The number of aryl methyl sites for hydroxylation is 1. The molecule has 0 saturated carbocycles. The Hall–Kier alpha value is -3.44. The minimum absolute atomic E-state index is 0.172. The van der Waals surface area contributed by atoms with E-state index >= 15 is 0 Å². The average molecular weight is 501 g/mol. The van der Waals surface area contributed by atoms with Crippen LogP contribution in [0.1, 0.15) is 41.4 Å². The van der Waals surface area contributed by atoms with E-state index < -0.39 is 5.91 Å². The van der Waals surface area contributed by atoms with Crippen LogP contribution in [0.15, 0.2) is 23.6 Å². The number of ether oxygens (including phenoxy) is 3. The fraction of sp³-hybridized carbons (Fsp3) is 0.417. The molecule has 0 unspecified atom stereocenters. The highest BCUT2D eigenvalue weighted by Crippen LogP contribution is 2.34. The molecule has 11 heteroatoms. The minimum atomic E-state index is -0.461. The Kier molecular flexibility index (Phi) is 8.83. The number of nitrogens with zero attached hydrogens (tertiary/aromatic N) is 4. The monoisotopic (exact) mass is 500 g/mol. The molecule has 0 aliphatic carbocycles. The largest absolute Gasteiger partial charge is 0.479 e. The highest BCUT2D eigenvalue weighted by molar-refractivity contribution is 7.11. The third-order valence-corrected chi connectivity index (χ3v) is 5.82. The van der Waals surface area contributed by atoms with Crippen molar-refractivity contribution in [3.63, 3.8) is 0 Å². The zero-order chi connectivity index (χ0) is 25.5. The number of hydrogen-bond acceptors (Lipinski definition) is 10. The van der Waals surface area contributed by atoms with Gasteiger partial charge < -0.3 is 29.7 Å². The lowest BCUT2D eigenvalue weighted by molar-refractivity contribution is 0.102. The van der Waals surface area contributed by atoms with Crippen LogP contribution in [0.2, 0.25) is 0 Å². The summed E-state index contributed by atoms with van der Waals surface area (Å²) in [4.78, 5) is 28.0. The summed E-state index contributed by atoms with van der Waals surface area (Å²) in [6.07, 6.45) is 0. The number of methoxy groups -OCH3 is 2. The van der Waals surface area contributed by atoms with E-state index in [0.717, 1.165) is 12.1 Å². The van der Waals surface area contributed by atoms with Crippen molar-refractivity contribution in [3.8, 4) is 22.7 Å². The Bertz CT molecular complexity index is 1140. The number of rotatable bonds is 11.